The second kappa shape index (κ2) is 8.55. The van der Waals surface area contributed by atoms with Gasteiger partial charge in [-0.15, -0.1) is 0 Å². The second-order valence-corrected chi connectivity index (χ2v) is 5.61. The molecule has 0 aromatic heterocycles. The number of imide groups is 1. The molecule has 0 unspecified atom stereocenters. The molecule has 162 valence electrons. The van der Waals surface area contributed by atoms with E-state index in [1.165, 1.54) is 0 Å². The molecule has 0 bridgehead atoms. The van der Waals surface area contributed by atoms with E-state index in [0.29, 0.717) is 12.1 Å². The molecule has 2 aromatic rings. The molecule has 0 heterocycles. The average Bonchev–Trinajstić information content (AvgIpc) is 2.58. The molecule has 0 spiro atoms. The van der Waals surface area contributed by atoms with E-state index >= 15 is 0 Å². The van der Waals surface area contributed by atoms with Gasteiger partial charge in [-0.1, -0.05) is 6.07 Å². The molecule has 2 N–H and O–H groups in total. The highest BCUT2D eigenvalue weighted by Crippen LogP contribution is 2.36. The number of hydrogen-bond acceptors (Lipinski definition) is 3. The summed E-state index contributed by atoms with van der Waals surface area (Å²) in [6.45, 7) is 0. The summed E-state index contributed by atoms with van der Waals surface area (Å²) in [4.78, 5) is 23.5. The van der Waals surface area contributed by atoms with Crippen LogP contribution in [0.4, 0.5) is 45.6 Å². The fourth-order valence-electron chi connectivity index (χ4n) is 2.11. The monoisotopic (exact) mass is 442 g/mol. The largest absolute Gasteiger partial charge is 0.471 e. The SMILES string of the molecule is O=C(NC(=O)c1c(F)cccc1F)Nc1ccc(OC(C(F)(F)F)C(F)(F)F)cc1. The van der Waals surface area contributed by atoms with Gasteiger partial charge >= 0.3 is 18.4 Å². The molecule has 2 aromatic carbocycles. The number of carbonyl (C=O) groups excluding carboxylic acids is 2. The van der Waals surface area contributed by atoms with Crippen LogP contribution in [-0.4, -0.2) is 30.4 Å². The first-order chi connectivity index (χ1) is 13.8. The molecular formula is C17H10F8N2O3. The lowest BCUT2D eigenvalue weighted by Gasteiger charge is -2.23. The number of carbonyl (C=O) groups is 2. The summed E-state index contributed by atoms with van der Waals surface area (Å²) in [7, 11) is 0. The number of urea groups is 1. The highest BCUT2D eigenvalue weighted by molar-refractivity contribution is 6.08. The van der Waals surface area contributed by atoms with Gasteiger partial charge in [-0.2, -0.15) is 26.3 Å². The molecule has 0 fully saturated rings. The summed E-state index contributed by atoms with van der Waals surface area (Å²) < 4.78 is 106. The van der Waals surface area contributed by atoms with E-state index in [1.807, 2.05) is 5.32 Å². The fourth-order valence-corrected chi connectivity index (χ4v) is 2.11. The Balaban J connectivity index is 2.03. The molecule has 3 amide bonds. The van der Waals surface area contributed by atoms with Gasteiger partial charge in [-0.25, -0.2) is 13.6 Å². The van der Waals surface area contributed by atoms with Gasteiger partial charge in [0.25, 0.3) is 12.0 Å². The summed E-state index contributed by atoms with van der Waals surface area (Å²) in [5, 5.41) is 3.62. The Hall–Kier alpha value is -3.38. The molecule has 0 saturated heterocycles. The molecule has 0 saturated carbocycles. The predicted molar refractivity (Wildman–Crippen MR) is 85.8 cm³/mol. The van der Waals surface area contributed by atoms with Crippen molar-refractivity contribution in [1.29, 1.82) is 0 Å². The van der Waals surface area contributed by atoms with Crippen LogP contribution in [0.2, 0.25) is 0 Å². The summed E-state index contributed by atoms with van der Waals surface area (Å²) in [6.07, 6.45) is -15.5. The zero-order valence-electron chi connectivity index (χ0n) is 14.4. The maximum atomic E-state index is 13.5. The average molecular weight is 442 g/mol. The highest BCUT2D eigenvalue weighted by Gasteiger charge is 2.59. The van der Waals surface area contributed by atoms with Crippen molar-refractivity contribution >= 4 is 17.6 Å². The zero-order valence-corrected chi connectivity index (χ0v) is 14.4. The number of anilines is 1. The van der Waals surface area contributed by atoms with Crippen LogP contribution in [0, 0.1) is 11.6 Å². The van der Waals surface area contributed by atoms with Crippen LogP contribution >= 0.6 is 0 Å². The van der Waals surface area contributed by atoms with Gasteiger partial charge in [0.2, 0.25) is 0 Å². The summed E-state index contributed by atoms with van der Waals surface area (Å²) in [6, 6.07) is 4.47. The zero-order chi connectivity index (χ0) is 22.7. The lowest BCUT2D eigenvalue weighted by Crippen LogP contribution is -2.46. The van der Waals surface area contributed by atoms with Crippen molar-refractivity contribution in [2.75, 3.05) is 5.32 Å². The van der Waals surface area contributed by atoms with E-state index in [4.69, 9.17) is 0 Å². The smallest absolute Gasteiger partial charge is 0.434 e. The third kappa shape index (κ3) is 5.81. The highest BCUT2D eigenvalue weighted by atomic mass is 19.4. The summed E-state index contributed by atoms with van der Waals surface area (Å²) >= 11 is 0. The molecular weight excluding hydrogens is 432 g/mol. The van der Waals surface area contributed by atoms with Crippen molar-refractivity contribution in [3.05, 3.63) is 59.7 Å². The van der Waals surface area contributed by atoms with Crippen LogP contribution in [0.25, 0.3) is 0 Å². The Morgan fingerprint density at radius 3 is 1.80 bits per heavy atom. The van der Waals surface area contributed by atoms with Crippen LogP contribution in [-0.2, 0) is 0 Å². The van der Waals surface area contributed by atoms with E-state index in [-0.39, 0.29) is 5.69 Å². The van der Waals surface area contributed by atoms with Crippen molar-refractivity contribution in [2.24, 2.45) is 0 Å². The molecule has 2 rings (SSSR count). The van der Waals surface area contributed by atoms with Crippen LogP contribution in [0.1, 0.15) is 10.4 Å². The van der Waals surface area contributed by atoms with Crippen molar-refractivity contribution < 1.29 is 49.4 Å². The standard InChI is InChI=1S/C17H10F8N2O3/c18-10-2-1-3-11(19)12(10)13(28)27-15(29)26-8-4-6-9(7-5-8)30-14(16(20,21)22)17(23,24)25/h1-7,14H,(H2,26,27,28,29). The molecule has 13 heteroatoms. The number of alkyl halides is 6. The van der Waals surface area contributed by atoms with Gasteiger partial charge in [0, 0.05) is 5.69 Å². The molecule has 0 radical (unpaired) electrons. The van der Waals surface area contributed by atoms with Crippen LogP contribution in [0.5, 0.6) is 5.75 Å². The van der Waals surface area contributed by atoms with Gasteiger partial charge in [-0.05, 0) is 36.4 Å². The third-order valence-corrected chi connectivity index (χ3v) is 3.38. The Kier molecular flexibility index (Phi) is 6.53. The number of ether oxygens (including phenoxy) is 1. The minimum atomic E-state index is -5.71. The number of amides is 3. The number of hydrogen-bond donors (Lipinski definition) is 2. The van der Waals surface area contributed by atoms with Crippen molar-refractivity contribution in [3.8, 4) is 5.75 Å². The van der Waals surface area contributed by atoms with Gasteiger partial charge < -0.3 is 10.1 Å². The number of halogens is 8. The third-order valence-electron chi connectivity index (χ3n) is 3.38. The molecule has 5 nitrogen and oxygen atoms in total. The Bertz CT molecular complexity index is 892. The first-order valence-corrected chi connectivity index (χ1v) is 7.75. The van der Waals surface area contributed by atoms with Crippen molar-refractivity contribution in [3.63, 3.8) is 0 Å². The number of rotatable bonds is 4. The van der Waals surface area contributed by atoms with Gasteiger partial charge in [0.1, 0.15) is 22.9 Å². The lowest BCUT2D eigenvalue weighted by atomic mass is 10.2. The molecule has 30 heavy (non-hydrogen) atoms. The molecule has 0 aliphatic heterocycles. The Labute approximate surface area is 162 Å². The van der Waals surface area contributed by atoms with Gasteiger partial charge in [-0.3, -0.25) is 10.1 Å². The van der Waals surface area contributed by atoms with E-state index < -0.39 is 53.3 Å². The van der Waals surface area contributed by atoms with E-state index in [1.54, 1.807) is 5.32 Å². The summed E-state index contributed by atoms with van der Waals surface area (Å²) in [5.41, 5.74) is -1.20. The Morgan fingerprint density at radius 1 is 0.833 bits per heavy atom. The van der Waals surface area contributed by atoms with Crippen LogP contribution in [0.15, 0.2) is 42.5 Å². The minimum Gasteiger partial charge on any atom is -0.471 e. The molecule has 0 atom stereocenters. The first kappa shape index (κ1) is 22.9. The lowest BCUT2D eigenvalue weighted by molar-refractivity contribution is -0.299. The first-order valence-electron chi connectivity index (χ1n) is 7.75. The number of benzene rings is 2. The maximum Gasteiger partial charge on any atom is 0.434 e. The minimum absolute atomic E-state index is 0.169. The van der Waals surface area contributed by atoms with Crippen molar-refractivity contribution in [1.82, 2.24) is 5.32 Å². The maximum absolute atomic E-state index is 13.5. The van der Waals surface area contributed by atoms with E-state index in [2.05, 4.69) is 4.74 Å². The molecule has 0 aliphatic rings. The van der Waals surface area contributed by atoms with Gasteiger partial charge in [0.15, 0.2) is 0 Å². The normalized spacial score (nSPS) is 11.9. The topological polar surface area (TPSA) is 67.4 Å². The molecule has 0 aliphatic carbocycles. The Morgan fingerprint density at radius 2 is 1.33 bits per heavy atom. The second-order valence-electron chi connectivity index (χ2n) is 5.61. The fraction of sp³-hybridized carbons (Fsp3) is 0.176. The summed E-state index contributed by atoms with van der Waals surface area (Å²) in [5.74, 6) is -4.68. The quantitative estimate of drug-likeness (QED) is 0.669. The van der Waals surface area contributed by atoms with Crippen LogP contribution in [0.3, 0.4) is 0 Å². The predicted octanol–water partition coefficient (Wildman–Crippen LogP) is 4.80. The van der Waals surface area contributed by atoms with E-state index in [0.717, 1.165) is 30.3 Å². The van der Waals surface area contributed by atoms with Gasteiger partial charge in [0.05, 0.1) is 0 Å². The van der Waals surface area contributed by atoms with Crippen LogP contribution < -0.4 is 15.4 Å². The van der Waals surface area contributed by atoms with E-state index in [9.17, 15) is 44.7 Å². The van der Waals surface area contributed by atoms with Crippen molar-refractivity contribution in [2.45, 2.75) is 18.5 Å². The number of nitrogens with one attached hydrogen (secondary N) is 2.